The fourth-order valence-electron chi connectivity index (χ4n) is 17.2. The maximum Gasteiger partial charge on any atom is 0.324 e. The standard InChI is InChI=1S/C70H99FN10O7S/c1-9-79-58-22-21-49-35-53(58)55(62(79)54-36-52(39-72-59(54)44(2)87-8)76-30-29-75-25-13-12-17-51(75)40-76)37-69(6,7)43-88-67(85)56-18-14-26-80(74-56)65(83)57(34-45-31-46(38-71)33-50(49)32-45)73-64(82)61(47-15-10-11-16-47)77-27-23-70(41-77)24-28-78(42-70)66(84)63-60(48-19-20-48)81(63)89(86)68(3,4)5/h21-22,31-33,35,39,44,47-48,51-52,56-57,60-61,63,74H,9-20,23-30,34,36-38,40-43H2,1-8H3,(H,73,82)/t44-,51+,52?,56-,57-,60+,61-,63+,70-,81?,89?/m0/s1. The molecule has 1 aromatic heterocycles. The molecule has 10 aliphatic rings. The molecular formula is C70H99FN10O7S. The summed E-state index contributed by atoms with van der Waals surface area (Å²) in [6.45, 7) is 21.9. The van der Waals surface area contributed by atoms with Gasteiger partial charge in [-0.1, -0.05) is 51.3 Å². The van der Waals surface area contributed by atoms with E-state index < -0.39 is 52.3 Å². The van der Waals surface area contributed by atoms with Crippen LogP contribution in [0.25, 0.3) is 27.6 Å². The van der Waals surface area contributed by atoms with Crippen molar-refractivity contribution in [2.24, 2.45) is 27.7 Å². The third kappa shape index (κ3) is 12.7. The smallest absolute Gasteiger partial charge is 0.324 e. The number of nitrogens with one attached hydrogen (secondary N) is 2. The summed E-state index contributed by atoms with van der Waals surface area (Å²) < 4.78 is 45.6. The van der Waals surface area contributed by atoms with Crippen molar-refractivity contribution in [3.05, 3.63) is 64.5 Å². The second-order valence-electron chi connectivity index (χ2n) is 30.2. The Morgan fingerprint density at radius 3 is 2.44 bits per heavy atom. The minimum absolute atomic E-state index is 0.0466. The van der Waals surface area contributed by atoms with Gasteiger partial charge in [0.05, 0.1) is 36.2 Å². The molecule has 8 fully saturated rings. The Kier molecular flexibility index (Phi) is 17.9. The second kappa shape index (κ2) is 25.3. The molecule has 8 aliphatic heterocycles. The minimum Gasteiger partial charge on any atom is -0.597 e. The lowest BCUT2D eigenvalue weighted by Gasteiger charge is -2.46. The zero-order valence-electron chi connectivity index (χ0n) is 54.3. The van der Waals surface area contributed by atoms with Gasteiger partial charge in [0.1, 0.15) is 23.5 Å². The third-order valence-corrected chi connectivity index (χ3v) is 24.0. The largest absolute Gasteiger partial charge is 0.597 e. The highest BCUT2D eigenvalue weighted by Crippen LogP contribution is 2.52. The van der Waals surface area contributed by atoms with Crippen molar-refractivity contribution in [2.75, 3.05) is 72.6 Å². The average molecular weight is 1240 g/mol. The monoisotopic (exact) mass is 1240 g/mol. The number of benzene rings is 2. The van der Waals surface area contributed by atoms with Crippen molar-refractivity contribution in [1.29, 1.82) is 0 Å². The summed E-state index contributed by atoms with van der Waals surface area (Å²) in [6.07, 6.45) is 15.9. The number of esters is 1. The van der Waals surface area contributed by atoms with E-state index in [1.165, 1.54) is 36.4 Å². The number of piperidine rings is 1. The van der Waals surface area contributed by atoms with E-state index in [-0.39, 0.29) is 66.3 Å². The lowest BCUT2D eigenvalue weighted by atomic mass is 9.83. The lowest BCUT2D eigenvalue weighted by molar-refractivity contribution is -0.155. The number of carbonyl (C=O) groups excluding carboxylic acids is 4. The van der Waals surface area contributed by atoms with Gasteiger partial charge in [-0.3, -0.25) is 43.9 Å². The number of ether oxygens (including phenoxy) is 2. The van der Waals surface area contributed by atoms with E-state index >= 15 is 14.0 Å². The highest BCUT2D eigenvalue weighted by Gasteiger charge is 2.68. The first-order chi connectivity index (χ1) is 42.7. The number of likely N-dealkylation sites (tertiary alicyclic amines) is 2. The molecule has 2 aliphatic carbocycles. The molecule has 2 aromatic carbocycles. The number of aryl methyl sites for hydroxylation is 1. The molecule has 6 saturated heterocycles. The number of cyclic esters (lactones) is 1. The number of halogens is 1. The van der Waals surface area contributed by atoms with Gasteiger partial charge in [-0.2, -0.15) is 0 Å². The summed E-state index contributed by atoms with van der Waals surface area (Å²) >= 11 is -1.27. The quantitative estimate of drug-likeness (QED) is 0.0951. The van der Waals surface area contributed by atoms with Crippen LogP contribution in [0.1, 0.15) is 161 Å². The summed E-state index contributed by atoms with van der Waals surface area (Å²) in [7, 11) is 1.75. The molecule has 2 N–H and O–H groups in total. The van der Waals surface area contributed by atoms with Gasteiger partial charge in [0.15, 0.2) is 6.04 Å². The fraction of sp³-hybridized carbons (Fsp3) is 0.700. The van der Waals surface area contributed by atoms with Crippen molar-refractivity contribution in [2.45, 2.75) is 218 Å². The van der Waals surface area contributed by atoms with Crippen LogP contribution in [0, 0.1) is 22.7 Å². The number of aliphatic imine (C=N–C) groups is 1. The molecule has 13 rings (SSSR count). The SMILES string of the molecule is CCn1c(C2=C([C@H](C)OC)N=CC(N3CCN4CCCC[C@@H]4C3)C2)c2c3cc(ccc31)-c1cc(CF)cc(c1)C[C@H](NC(=O)[C@H](C1CCCC1)N1CC[C@]3(CCN(C(=O)[C@H]4[C@@H](C5CC5)N4[S+]([O-])C(C)(C)C)C3)C1)C(=O)N1CCC[C@H](N1)C(=O)OCC(C)(C)C2. The first kappa shape index (κ1) is 63.0. The second-order valence-corrected chi connectivity index (χ2v) is 32.3. The number of nitrogens with zero attached hydrogens (tertiary/aromatic N) is 8. The molecule has 2 saturated carbocycles. The molecule has 3 unspecified atom stereocenters. The van der Waals surface area contributed by atoms with Crippen molar-refractivity contribution >= 4 is 57.7 Å². The summed E-state index contributed by atoms with van der Waals surface area (Å²) in [5, 5.41) is 5.94. The highest BCUT2D eigenvalue weighted by atomic mass is 32.2. The fourth-order valence-corrected chi connectivity index (χ4v) is 18.7. The molecule has 0 radical (unpaired) electrons. The summed E-state index contributed by atoms with van der Waals surface area (Å²) in [4.78, 5) is 74.8. The number of amides is 3. The Labute approximate surface area is 530 Å². The Balaban J connectivity index is 0.823. The van der Waals surface area contributed by atoms with Crippen LogP contribution < -0.4 is 10.7 Å². The van der Waals surface area contributed by atoms with E-state index in [1.54, 1.807) is 7.11 Å². The van der Waals surface area contributed by atoms with Gasteiger partial charge in [0.25, 0.3) is 5.91 Å². The summed E-state index contributed by atoms with van der Waals surface area (Å²) in [6, 6.07) is 10.4. The molecule has 3 aromatic rings. The normalized spacial score (nSPS) is 31.1. The molecular weight excluding hydrogens is 1140 g/mol. The van der Waals surface area contributed by atoms with E-state index in [2.05, 4.69) is 88.2 Å². The number of fused-ring (bicyclic) bond motifs is 7. The minimum atomic E-state index is -1.27. The molecule has 1 spiro atoms. The van der Waals surface area contributed by atoms with E-state index in [0.717, 1.165) is 122 Å². The number of carbonyl (C=O) groups is 4. The molecule has 17 nitrogen and oxygen atoms in total. The van der Waals surface area contributed by atoms with Gasteiger partial charge in [-0.05, 0) is 183 Å². The Bertz CT molecular complexity index is 3240. The number of methoxy groups -OCH3 is 1. The van der Waals surface area contributed by atoms with Gasteiger partial charge < -0.3 is 28.8 Å². The van der Waals surface area contributed by atoms with Crippen LogP contribution in [0.5, 0.6) is 0 Å². The van der Waals surface area contributed by atoms with E-state index in [9.17, 15) is 14.1 Å². The number of aromatic nitrogens is 1. The molecule has 3 amide bonds. The maximum absolute atomic E-state index is 15.6. The number of hydrogen-bond donors (Lipinski definition) is 2. The van der Waals surface area contributed by atoms with Crippen LogP contribution in [0.15, 0.2) is 47.1 Å². The first-order valence-electron chi connectivity index (χ1n) is 34.1. The first-order valence-corrected chi connectivity index (χ1v) is 35.3. The van der Waals surface area contributed by atoms with Crippen LogP contribution in [0.3, 0.4) is 0 Å². The van der Waals surface area contributed by atoms with Crippen molar-refractivity contribution in [3.8, 4) is 11.1 Å². The van der Waals surface area contributed by atoms with Crippen molar-refractivity contribution in [1.82, 2.24) is 44.2 Å². The Morgan fingerprint density at radius 1 is 0.910 bits per heavy atom. The zero-order chi connectivity index (χ0) is 62.3. The van der Waals surface area contributed by atoms with Gasteiger partial charge in [0, 0.05) is 123 Å². The topological polar surface area (TPSA) is 170 Å². The van der Waals surface area contributed by atoms with Crippen molar-refractivity contribution < 1.29 is 37.6 Å². The molecule has 484 valence electrons. The van der Waals surface area contributed by atoms with Crippen LogP contribution in [-0.4, -0.2) is 194 Å². The molecule has 9 heterocycles. The van der Waals surface area contributed by atoms with Gasteiger partial charge in [-0.25, -0.2) is 9.82 Å². The predicted molar refractivity (Wildman–Crippen MR) is 346 cm³/mol. The number of rotatable bonds is 13. The summed E-state index contributed by atoms with van der Waals surface area (Å²) in [5.41, 5.74) is 10.9. The predicted octanol–water partition coefficient (Wildman–Crippen LogP) is 8.61. The number of alkyl halides is 1. The number of hydrazine groups is 1. The van der Waals surface area contributed by atoms with Gasteiger partial charge >= 0.3 is 5.97 Å². The van der Waals surface area contributed by atoms with Gasteiger partial charge in [0.2, 0.25) is 11.8 Å². The van der Waals surface area contributed by atoms with Crippen molar-refractivity contribution in [3.63, 3.8) is 0 Å². The van der Waals surface area contributed by atoms with E-state index in [4.69, 9.17) is 14.5 Å². The van der Waals surface area contributed by atoms with Crippen LogP contribution in [-0.2, 0) is 66.1 Å². The summed E-state index contributed by atoms with van der Waals surface area (Å²) in [5.74, 6) is -0.369. The van der Waals surface area contributed by atoms with E-state index in [0.29, 0.717) is 76.1 Å². The Hall–Kier alpha value is -4.73. The van der Waals surface area contributed by atoms with Crippen LogP contribution in [0.4, 0.5) is 4.39 Å². The molecule has 89 heavy (non-hydrogen) atoms. The van der Waals surface area contributed by atoms with Gasteiger partial charge in [-0.15, -0.1) is 4.31 Å². The van der Waals surface area contributed by atoms with E-state index in [1.807, 2.05) is 42.1 Å². The lowest BCUT2D eigenvalue weighted by Crippen LogP contribution is -2.62. The highest BCUT2D eigenvalue weighted by molar-refractivity contribution is 7.90. The third-order valence-electron chi connectivity index (χ3n) is 22.1. The number of piperazine rings is 1. The van der Waals surface area contributed by atoms with Crippen LogP contribution in [0.2, 0.25) is 0 Å². The zero-order valence-corrected chi connectivity index (χ0v) is 55.2. The van der Waals surface area contributed by atoms with Crippen LogP contribution >= 0.6 is 0 Å². The maximum atomic E-state index is 15.6. The molecule has 11 atom stereocenters. The molecule has 6 bridgehead atoms. The molecule has 19 heteroatoms. The average Bonchev–Trinajstić information content (AvgIpc) is 1.56. The Morgan fingerprint density at radius 2 is 1.69 bits per heavy atom. The number of hydrogen-bond acceptors (Lipinski definition) is 13.